The van der Waals surface area contributed by atoms with Gasteiger partial charge in [0.1, 0.15) is 18.2 Å². The Morgan fingerprint density at radius 3 is 2.67 bits per heavy atom. The number of nitrogens with two attached hydrogens (primary N) is 1. The van der Waals surface area contributed by atoms with Crippen molar-refractivity contribution in [3.8, 4) is 11.8 Å². The fourth-order valence-electron chi connectivity index (χ4n) is 2.32. The zero-order valence-corrected chi connectivity index (χ0v) is 13.5. The zero-order valence-electron chi connectivity index (χ0n) is 13.5. The molecular weight excluding hydrogens is 310 g/mol. The summed E-state index contributed by atoms with van der Waals surface area (Å²) in [5.74, 6) is 0.837. The number of aliphatic hydroxyl groups excluding tert-OH is 1. The first kappa shape index (κ1) is 16.0. The van der Waals surface area contributed by atoms with Gasteiger partial charge in [0.25, 0.3) is 0 Å². The molecule has 3 rings (SSSR count). The number of hydrogen-bond acceptors (Lipinski definition) is 7. The van der Waals surface area contributed by atoms with Crippen LogP contribution in [0.2, 0.25) is 0 Å². The molecule has 0 saturated carbocycles. The smallest absolute Gasteiger partial charge is 0.320 e. The van der Waals surface area contributed by atoms with Crippen molar-refractivity contribution in [1.82, 2.24) is 19.5 Å². The number of benzene rings is 1. The predicted octanol–water partition coefficient (Wildman–Crippen LogP) is 1.77. The van der Waals surface area contributed by atoms with Crippen molar-refractivity contribution in [2.24, 2.45) is 0 Å². The summed E-state index contributed by atoms with van der Waals surface area (Å²) < 4.78 is 12.8. The van der Waals surface area contributed by atoms with Crippen molar-refractivity contribution in [2.45, 2.75) is 26.2 Å². The topological polar surface area (TPSA) is 108 Å². The highest BCUT2D eigenvalue weighted by molar-refractivity contribution is 5.82. The number of nitrogens with zero attached hydrogens (tertiary/aromatic N) is 4. The van der Waals surface area contributed by atoms with Gasteiger partial charge < -0.3 is 20.3 Å². The summed E-state index contributed by atoms with van der Waals surface area (Å²) in [5.41, 5.74) is 6.79. The van der Waals surface area contributed by atoms with Gasteiger partial charge in [-0.1, -0.05) is 18.2 Å². The van der Waals surface area contributed by atoms with Gasteiger partial charge in [-0.3, -0.25) is 4.57 Å². The molecule has 8 nitrogen and oxygen atoms in total. The summed E-state index contributed by atoms with van der Waals surface area (Å²) in [4.78, 5) is 12.6. The van der Waals surface area contributed by atoms with Gasteiger partial charge in [-0.2, -0.15) is 9.97 Å². The Labute approximate surface area is 138 Å². The SMILES string of the molecule is CCOc1nc(N)c2ncn(C(Oc3ccccc3)C(C)O)c2n1. The van der Waals surface area contributed by atoms with Crippen LogP contribution in [-0.4, -0.2) is 37.3 Å². The molecule has 0 spiro atoms. The maximum Gasteiger partial charge on any atom is 0.320 e. The Morgan fingerprint density at radius 1 is 1.25 bits per heavy atom. The number of rotatable bonds is 6. The van der Waals surface area contributed by atoms with E-state index in [0.717, 1.165) is 0 Å². The van der Waals surface area contributed by atoms with Gasteiger partial charge in [0.2, 0.25) is 6.23 Å². The first-order chi connectivity index (χ1) is 11.6. The summed E-state index contributed by atoms with van der Waals surface area (Å²) in [6, 6.07) is 9.38. The second-order valence-corrected chi connectivity index (χ2v) is 5.21. The van der Waals surface area contributed by atoms with Crippen LogP contribution in [0.1, 0.15) is 20.1 Å². The molecule has 2 atom stereocenters. The van der Waals surface area contributed by atoms with Crippen LogP contribution in [-0.2, 0) is 0 Å². The molecule has 0 aliphatic carbocycles. The Bertz CT molecular complexity index is 819. The number of ether oxygens (including phenoxy) is 2. The summed E-state index contributed by atoms with van der Waals surface area (Å²) in [7, 11) is 0. The molecule has 3 aromatic rings. The number of hydrogen-bond donors (Lipinski definition) is 2. The Morgan fingerprint density at radius 2 is 2.00 bits per heavy atom. The first-order valence-electron chi connectivity index (χ1n) is 7.62. The second kappa shape index (κ2) is 6.71. The largest absolute Gasteiger partial charge is 0.467 e. The molecule has 126 valence electrons. The monoisotopic (exact) mass is 329 g/mol. The van der Waals surface area contributed by atoms with Crippen LogP contribution in [0.4, 0.5) is 5.82 Å². The van der Waals surface area contributed by atoms with Crippen molar-refractivity contribution in [1.29, 1.82) is 0 Å². The predicted molar refractivity (Wildman–Crippen MR) is 88.7 cm³/mol. The van der Waals surface area contributed by atoms with E-state index in [9.17, 15) is 5.11 Å². The average molecular weight is 329 g/mol. The molecule has 0 radical (unpaired) electrons. The molecule has 0 amide bonds. The molecule has 0 fully saturated rings. The van der Waals surface area contributed by atoms with Crippen LogP contribution < -0.4 is 15.2 Å². The lowest BCUT2D eigenvalue weighted by molar-refractivity contribution is 0.00344. The van der Waals surface area contributed by atoms with E-state index >= 15 is 0 Å². The van der Waals surface area contributed by atoms with Gasteiger partial charge in [0.15, 0.2) is 17.0 Å². The maximum absolute atomic E-state index is 10.2. The lowest BCUT2D eigenvalue weighted by Crippen LogP contribution is -2.26. The standard InChI is InChI=1S/C16H19N5O3/c1-3-23-16-19-13(17)12-14(20-16)21(9-18-12)15(10(2)22)24-11-7-5-4-6-8-11/h4-10,15,22H,3H2,1-2H3,(H2,17,19,20). The highest BCUT2D eigenvalue weighted by Crippen LogP contribution is 2.26. The van der Waals surface area contributed by atoms with Crippen LogP contribution in [0.5, 0.6) is 11.8 Å². The number of aliphatic hydroxyl groups is 1. The van der Waals surface area contributed by atoms with E-state index in [1.165, 1.54) is 6.33 Å². The molecule has 8 heteroatoms. The average Bonchev–Trinajstić information content (AvgIpc) is 2.98. The molecule has 2 aromatic heterocycles. The van der Waals surface area contributed by atoms with Gasteiger partial charge >= 0.3 is 6.01 Å². The normalized spacial score (nSPS) is 13.6. The van der Waals surface area contributed by atoms with E-state index in [1.54, 1.807) is 11.5 Å². The van der Waals surface area contributed by atoms with Crippen LogP contribution in [0.15, 0.2) is 36.7 Å². The third kappa shape index (κ3) is 3.09. The third-order valence-corrected chi connectivity index (χ3v) is 3.39. The summed E-state index contributed by atoms with van der Waals surface area (Å²) in [6.45, 7) is 3.88. The minimum absolute atomic E-state index is 0.160. The molecule has 0 aliphatic heterocycles. The van der Waals surface area contributed by atoms with E-state index < -0.39 is 12.3 Å². The maximum atomic E-state index is 10.2. The third-order valence-electron chi connectivity index (χ3n) is 3.39. The van der Waals surface area contributed by atoms with E-state index in [-0.39, 0.29) is 11.8 Å². The van der Waals surface area contributed by atoms with E-state index in [0.29, 0.717) is 23.5 Å². The lowest BCUT2D eigenvalue weighted by Gasteiger charge is -2.23. The van der Waals surface area contributed by atoms with Crippen molar-refractivity contribution >= 4 is 17.0 Å². The number of aromatic nitrogens is 4. The van der Waals surface area contributed by atoms with E-state index in [1.807, 2.05) is 37.3 Å². The zero-order chi connectivity index (χ0) is 17.1. The van der Waals surface area contributed by atoms with Crippen molar-refractivity contribution in [3.05, 3.63) is 36.7 Å². The quantitative estimate of drug-likeness (QED) is 0.709. The van der Waals surface area contributed by atoms with Gasteiger partial charge in [-0.05, 0) is 26.0 Å². The molecule has 1 aromatic carbocycles. The van der Waals surface area contributed by atoms with Crippen LogP contribution in [0, 0.1) is 0 Å². The molecule has 0 bridgehead atoms. The molecule has 0 aliphatic rings. The van der Waals surface area contributed by atoms with Crippen LogP contribution >= 0.6 is 0 Å². The number of anilines is 1. The van der Waals surface area contributed by atoms with Gasteiger partial charge in [0.05, 0.1) is 6.61 Å². The fraction of sp³-hybridized carbons (Fsp3) is 0.312. The second-order valence-electron chi connectivity index (χ2n) is 5.21. The first-order valence-corrected chi connectivity index (χ1v) is 7.62. The molecule has 0 saturated heterocycles. The molecule has 24 heavy (non-hydrogen) atoms. The van der Waals surface area contributed by atoms with Crippen molar-refractivity contribution < 1.29 is 14.6 Å². The van der Waals surface area contributed by atoms with Gasteiger partial charge in [-0.25, -0.2) is 4.98 Å². The minimum Gasteiger partial charge on any atom is -0.467 e. The number of nitrogen functional groups attached to an aromatic ring is 1. The van der Waals surface area contributed by atoms with Gasteiger partial charge in [0, 0.05) is 0 Å². The highest BCUT2D eigenvalue weighted by atomic mass is 16.5. The van der Waals surface area contributed by atoms with Crippen LogP contribution in [0.3, 0.4) is 0 Å². The Balaban J connectivity index is 2.04. The number of fused-ring (bicyclic) bond motifs is 1. The number of para-hydroxylation sites is 1. The van der Waals surface area contributed by atoms with Gasteiger partial charge in [-0.15, -0.1) is 0 Å². The summed E-state index contributed by atoms with van der Waals surface area (Å²) >= 11 is 0. The lowest BCUT2D eigenvalue weighted by atomic mass is 10.3. The Hall–Kier alpha value is -2.87. The number of imidazole rings is 1. The fourth-order valence-corrected chi connectivity index (χ4v) is 2.32. The van der Waals surface area contributed by atoms with Crippen LogP contribution in [0.25, 0.3) is 11.2 Å². The Kier molecular flexibility index (Phi) is 4.48. The van der Waals surface area contributed by atoms with E-state index in [2.05, 4.69) is 15.0 Å². The summed E-state index contributed by atoms with van der Waals surface area (Å²) in [5, 5.41) is 10.2. The van der Waals surface area contributed by atoms with Crippen molar-refractivity contribution in [3.63, 3.8) is 0 Å². The molecular formula is C16H19N5O3. The van der Waals surface area contributed by atoms with E-state index in [4.69, 9.17) is 15.2 Å². The highest BCUT2D eigenvalue weighted by Gasteiger charge is 2.23. The summed E-state index contributed by atoms with van der Waals surface area (Å²) in [6.07, 6.45) is -0.0123. The molecule has 3 N–H and O–H groups in total. The molecule has 2 heterocycles. The minimum atomic E-state index is -0.811. The van der Waals surface area contributed by atoms with Crippen molar-refractivity contribution in [2.75, 3.05) is 12.3 Å². The molecule has 2 unspecified atom stereocenters.